The standard InChI is InChI=1S/C16H21NO4/c1-11-3-4-13(12(2)9-11)5-6-15(18)17-7-8-21-10-14(17)16(19)20/h3-4,9,14H,5-8,10H2,1-2H3,(H,19,20)/t14-/m1/s1. The highest BCUT2D eigenvalue weighted by molar-refractivity contribution is 5.84. The Balaban J connectivity index is 1.98. The van der Waals surface area contributed by atoms with E-state index in [9.17, 15) is 9.59 Å². The fourth-order valence-corrected chi connectivity index (χ4v) is 2.62. The van der Waals surface area contributed by atoms with Crippen molar-refractivity contribution in [3.05, 3.63) is 34.9 Å². The van der Waals surface area contributed by atoms with Gasteiger partial charge in [-0.3, -0.25) is 4.79 Å². The molecule has 5 nitrogen and oxygen atoms in total. The van der Waals surface area contributed by atoms with E-state index in [2.05, 4.69) is 6.07 Å². The third-order valence-electron chi connectivity index (χ3n) is 3.84. The van der Waals surface area contributed by atoms with Crippen molar-refractivity contribution in [3.63, 3.8) is 0 Å². The van der Waals surface area contributed by atoms with Crippen LogP contribution in [0.15, 0.2) is 18.2 Å². The molecular formula is C16H21NO4. The summed E-state index contributed by atoms with van der Waals surface area (Å²) in [5, 5.41) is 9.14. The summed E-state index contributed by atoms with van der Waals surface area (Å²) in [6.07, 6.45) is 0.961. The van der Waals surface area contributed by atoms with Gasteiger partial charge in [0, 0.05) is 13.0 Å². The number of amides is 1. The second-order valence-electron chi connectivity index (χ2n) is 5.45. The number of aryl methyl sites for hydroxylation is 3. The molecule has 2 rings (SSSR count). The van der Waals surface area contributed by atoms with E-state index in [4.69, 9.17) is 9.84 Å². The van der Waals surface area contributed by atoms with Crippen LogP contribution in [0.5, 0.6) is 0 Å². The summed E-state index contributed by atoms with van der Waals surface area (Å²) in [6.45, 7) is 4.89. The van der Waals surface area contributed by atoms with Crippen LogP contribution in [-0.2, 0) is 20.7 Å². The molecule has 0 bridgehead atoms. The lowest BCUT2D eigenvalue weighted by Gasteiger charge is -2.33. The zero-order chi connectivity index (χ0) is 15.4. The molecule has 1 atom stereocenters. The Bertz CT molecular complexity index is 541. The number of rotatable bonds is 4. The predicted molar refractivity (Wildman–Crippen MR) is 78.2 cm³/mol. The molecule has 0 aliphatic carbocycles. The maximum atomic E-state index is 12.3. The van der Waals surface area contributed by atoms with Crippen molar-refractivity contribution in [2.75, 3.05) is 19.8 Å². The number of hydrogen-bond acceptors (Lipinski definition) is 3. The molecule has 1 aliphatic heterocycles. The molecule has 5 heteroatoms. The van der Waals surface area contributed by atoms with Crippen molar-refractivity contribution in [2.24, 2.45) is 0 Å². The lowest BCUT2D eigenvalue weighted by Crippen LogP contribution is -2.52. The second kappa shape index (κ2) is 6.72. The van der Waals surface area contributed by atoms with Crippen molar-refractivity contribution in [3.8, 4) is 0 Å². The van der Waals surface area contributed by atoms with Crippen LogP contribution in [0, 0.1) is 13.8 Å². The van der Waals surface area contributed by atoms with Gasteiger partial charge in [0.05, 0.1) is 13.2 Å². The molecule has 1 aromatic rings. The van der Waals surface area contributed by atoms with E-state index >= 15 is 0 Å². The van der Waals surface area contributed by atoms with Gasteiger partial charge in [0.25, 0.3) is 0 Å². The Kier molecular flexibility index (Phi) is 4.96. The SMILES string of the molecule is Cc1ccc(CCC(=O)N2CCOC[C@@H]2C(=O)O)c(C)c1. The third-order valence-corrected chi connectivity index (χ3v) is 3.84. The van der Waals surface area contributed by atoms with Crippen molar-refractivity contribution in [2.45, 2.75) is 32.7 Å². The highest BCUT2D eigenvalue weighted by Crippen LogP contribution is 2.15. The molecular weight excluding hydrogens is 270 g/mol. The number of nitrogens with zero attached hydrogens (tertiary/aromatic N) is 1. The molecule has 1 amide bonds. The zero-order valence-corrected chi connectivity index (χ0v) is 12.5. The molecule has 0 unspecified atom stereocenters. The molecule has 1 heterocycles. The average molecular weight is 291 g/mol. The Morgan fingerprint density at radius 2 is 2.14 bits per heavy atom. The van der Waals surface area contributed by atoms with Gasteiger partial charge in [-0.2, -0.15) is 0 Å². The van der Waals surface area contributed by atoms with Crippen LogP contribution in [-0.4, -0.2) is 47.7 Å². The van der Waals surface area contributed by atoms with Gasteiger partial charge < -0.3 is 14.7 Å². The Morgan fingerprint density at radius 1 is 1.38 bits per heavy atom. The molecule has 21 heavy (non-hydrogen) atoms. The highest BCUT2D eigenvalue weighted by atomic mass is 16.5. The number of hydrogen-bond donors (Lipinski definition) is 1. The fraction of sp³-hybridized carbons (Fsp3) is 0.500. The molecule has 0 aromatic heterocycles. The van der Waals surface area contributed by atoms with E-state index in [-0.39, 0.29) is 12.5 Å². The first-order valence-electron chi connectivity index (χ1n) is 7.15. The molecule has 1 N–H and O–H groups in total. The first-order valence-corrected chi connectivity index (χ1v) is 7.15. The lowest BCUT2D eigenvalue weighted by atomic mass is 10.0. The summed E-state index contributed by atoms with van der Waals surface area (Å²) < 4.78 is 5.14. The maximum Gasteiger partial charge on any atom is 0.328 e. The normalized spacial score (nSPS) is 18.6. The quantitative estimate of drug-likeness (QED) is 0.914. The monoisotopic (exact) mass is 291 g/mol. The number of ether oxygens (including phenoxy) is 1. The van der Waals surface area contributed by atoms with Crippen molar-refractivity contribution in [1.82, 2.24) is 4.90 Å². The number of carbonyl (C=O) groups is 2. The van der Waals surface area contributed by atoms with Gasteiger partial charge in [-0.25, -0.2) is 4.79 Å². The molecule has 1 aliphatic rings. The minimum absolute atomic E-state index is 0.0740. The minimum atomic E-state index is -1.01. The topological polar surface area (TPSA) is 66.8 Å². The van der Waals surface area contributed by atoms with E-state index in [1.807, 2.05) is 26.0 Å². The van der Waals surface area contributed by atoms with Crippen LogP contribution in [0.2, 0.25) is 0 Å². The lowest BCUT2D eigenvalue weighted by molar-refractivity contribution is -0.158. The van der Waals surface area contributed by atoms with E-state index in [0.29, 0.717) is 26.0 Å². The van der Waals surface area contributed by atoms with Crippen molar-refractivity contribution < 1.29 is 19.4 Å². The summed E-state index contributed by atoms with van der Waals surface area (Å²) >= 11 is 0. The van der Waals surface area contributed by atoms with E-state index in [1.54, 1.807) is 0 Å². The van der Waals surface area contributed by atoms with Gasteiger partial charge in [-0.05, 0) is 31.4 Å². The number of carbonyl (C=O) groups excluding carboxylic acids is 1. The Labute approximate surface area is 124 Å². The first-order chi connectivity index (χ1) is 9.99. The fourth-order valence-electron chi connectivity index (χ4n) is 2.62. The van der Waals surface area contributed by atoms with Crippen LogP contribution in [0.3, 0.4) is 0 Å². The predicted octanol–water partition coefficient (Wildman–Crippen LogP) is 1.55. The molecule has 1 aromatic carbocycles. The second-order valence-corrected chi connectivity index (χ2v) is 5.45. The van der Waals surface area contributed by atoms with Gasteiger partial charge in [-0.1, -0.05) is 23.8 Å². The molecule has 0 spiro atoms. The first kappa shape index (κ1) is 15.5. The largest absolute Gasteiger partial charge is 0.480 e. The molecule has 1 fully saturated rings. The van der Waals surface area contributed by atoms with Gasteiger partial charge in [0.1, 0.15) is 0 Å². The molecule has 0 radical (unpaired) electrons. The van der Waals surface area contributed by atoms with Gasteiger partial charge >= 0.3 is 5.97 Å². The van der Waals surface area contributed by atoms with Crippen molar-refractivity contribution in [1.29, 1.82) is 0 Å². The number of carboxylic acid groups (broad SMARTS) is 1. The minimum Gasteiger partial charge on any atom is -0.480 e. The van der Waals surface area contributed by atoms with Gasteiger partial charge in [0.2, 0.25) is 5.91 Å². The Hall–Kier alpha value is -1.88. The number of benzene rings is 1. The van der Waals surface area contributed by atoms with Crippen LogP contribution in [0.25, 0.3) is 0 Å². The van der Waals surface area contributed by atoms with E-state index in [1.165, 1.54) is 16.0 Å². The number of carboxylic acids is 1. The molecule has 0 saturated carbocycles. The third kappa shape index (κ3) is 3.82. The molecule has 1 saturated heterocycles. The summed E-state index contributed by atoms with van der Waals surface area (Å²) in [5.74, 6) is -1.12. The summed E-state index contributed by atoms with van der Waals surface area (Å²) in [4.78, 5) is 24.9. The summed E-state index contributed by atoms with van der Waals surface area (Å²) in [6, 6.07) is 5.30. The smallest absolute Gasteiger partial charge is 0.328 e. The van der Waals surface area contributed by atoms with E-state index < -0.39 is 12.0 Å². The van der Waals surface area contributed by atoms with Crippen LogP contribution in [0.1, 0.15) is 23.1 Å². The maximum absolute atomic E-state index is 12.3. The number of morpholine rings is 1. The van der Waals surface area contributed by atoms with E-state index in [0.717, 1.165) is 5.56 Å². The number of aliphatic carboxylic acids is 1. The van der Waals surface area contributed by atoms with Crippen molar-refractivity contribution >= 4 is 11.9 Å². The molecule has 114 valence electrons. The zero-order valence-electron chi connectivity index (χ0n) is 12.5. The Morgan fingerprint density at radius 3 is 2.81 bits per heavy atom. The van der Waals surface area contributed by atoms with Gasteiger partial charge in [-0.15, -0.1) is 0 Å². The van der Waals surface area contributed by atoms with Crippen LogP contribution >= 0.6 is 0 Å². The highest BCUT2D eigenvalue weighted by Gasteiger charge is 2.32. The average Bonchev–Trinajstić information content (AvgIpc) is 2.46. The summed E-state index contributed by atoms with van der Waals surface area (Å²) in [7, 11) is 0. The van der Waals surface area contributed by atoms with Gasteiger partial charge in [0.15, 0.2) is 6.04 Å². The summed E-state index contributed by atoms with van der Waals surface area (Å²) in [5.41, 5.74) is 3.50. The van der Waals surface area contributed by atoms with Crippen LogP contribution < -0.4 is 0 Å². The van der Waals surface area contributed by atoms with Crippen LogP contribution in [0.4, 0.5) is 0 Å².